The van der Waals surface area contributed by atoms with Crippen molar-refractivity contribution >= 4 is 18.3 Å². The Labute approximate surface area is 160 Å². The highest BCUT2D eigenvalue weighted by Crippen LogP contribution is 2.19. The first-order chi connectivity index (χ1) is 12.1. The first-order valence-electron chi connectivity index (χ1n) is 8.79. The standard InChI is InChI=1S/C19H26N4O2.ClH/c1-13-17(14(2)23(22-13)16-6-4-3-5-7-16)12-21-19(24)18(20)15-8-10-25-11-9-15;/h3-7,15,18H,8-12,20H2,1-2H3,(H,21,24);1H. The lowest BCUT2D eigenvalue weighted by Crippen LogP contribution is -2.46. The van der Waals surface area contributed by atoms with Crippen LogP contribution in [0.3, 0.4) is 0 Å². The number of carbonyl (C=O) groups excluding carboxylic acids is 1. The van der Waals surface area contributed by atoms with Gasteiger partial charge in [0.05, 0.1) is 17.4 Å². The lowest BCUT2D eigenvalue weighted by molar-refractivity contribution is -0.124. The molecule has 6 nitrogen and oxygen atoms in total. The zero-order valence-corrected chi connectivity index (χ0v) is 16.1. The van der Waals surface area contributed by atoms with Crippen LogP contribution in [0.25, 0.3) is 5.69 Å². The van der Waals surface area contributed by atoms with E-state index in [-0.39, 0.29) is 24.2 Å². The second-order valence-electron chi connectivity index (χ2n) is 6.59. The van der Waals surface area contributed by atoms with Crippen molar-refractivity contribution in [2.75, 3.05) is 13.2 Å². The Morgan fingerprint density at radius 3 is 2.62 bits per heavy atom. The smallest absolute Gasteiger partial charge is 0.237 e. The van der Waals surface area contributed by atoms with Crippen LogP contribution >= 0.6 is 12.4 Å². The number of nitrogens with two attached hydrogens (primary N) is 1. The van der Waals surface area contributed by atoms with Gasteiger partial charge in [0.1, 0.15) is 0 Å². The van der Waals surface area contributed by atoms with Gasteiger partial charge < -0.3 is 15.8 Å². The lowest BCUT2D eigenvalue weighted by Gasteiger charge is -2.26. The van der Waals surface area contributed by atoms with Crippen molar-refractivity contribution in [2.24, 2.45) is 11.7 Å². The summed E-state index contributed by atoms with van der Waals surface area (Å²) < 4.78 is 7.25. The molecule has 2 aromatic rings. The second kappa shape index (κ2) is 9.16. The van der Waals surface area contributed by atoms with E-state index in [9.17, 15) is 4.79 Å². The fourth-order valence-corrected chi connectivity index (χ4v) is 3.33. The molecular formula is C19H27ClN4O2. The van der Waals surface area contributed by atoms with Gasteiger partial charge in [-0.05, 0) is 44.7 Å². The molecule has 1 fully saturated rings. The summed E-state index contributed by atoms with van der Waals surface area (Å²) in [5.74, 6) is 0.0983. The van der Waals surface area contributed by atoms with E-state index in [0.29, 0.717) is 19.8 Å². The average Bonchev–Trinajstić information content (AvgIpc) is 2.94. The summed E-state index contributed by atoms with van der Waals surface area (Å²) in [5, 5.41) is 7.60. The molecule has 0 radical (unpaired) electrons. The largest absolute Gasteiger partial charge is 0.381 e. The number of ether oxygens (including phenoxy) is 1. The monoisotopic (exact) mass is 378 g/mol. The number of aromatic nitrogens is 2. The van der Waals surface area contributed by atoms with Gasteiger partial charge in [0, 0.05) is 31.0 Å². The molecule has 0 aliphatic carbocycles. The van der Waals surface area contributed by atoms with Gasteiger partial charge in [0.2, 0.25) is 5.91 Å². The first-order valence-corrected chi connectivity index (χ1v) is 8.79. The summed E-state index contributed by atoms with van der Waals surface area (Å²) in [7, 11) is 0. The molecule has 1 saturated heterocycles. The van der Waals surface area contributed by atoms with E-state index in [1.165, 1.54) is 0 Å². The Kier molecular flexibility index (Phi) is 7.20. The number of hydrogen-bond acceptors (Lipinski definition) is 4. The van der Waals surface area contributed by atoms with E-state index in [1.54, 1.807) is 0 Å². The van der Waals surface area contributed by atoms with Crippen molar-refractivity contribution in [2.45, 2.75) is 39.3 Å². The van der Waals surface area contributed by atoms with Gasteiger partial charge in [0.15, 0.2) is 0 Å². The van der Waals surface area contributed by atoms with E-state index in [4.69, 9.17) is 10.5 Å². The maximum atomic E-state index is 12.4. The average molecular weight is 379 g/mol. The molecule has 3 N–H and O–H groups in total. The van der Waals surface area contributed by atoms with Crippen LogP contribution < -0.4 is 11.1 Å². The summed E-state index contributed by atoms with van der Waals surface area (Å²) in [5.41, 5.74) is 10.1. The van der Waals surface area contributed by atoms with E-state index < -0.39 is 6.04 Å². The summed E-state index contributed by atoms with van der Waals surface area (Å²) in [4.78, 5) is 12.4. The summed E-state index contributed by atoms with van der Waals surface area (Å²) in [6.07, 6.45) is 1.69. The molecule has 1 unspecified atom stereocenters. The molecule has 0 spiro atoms. The molecule has 1 aromatic heterocycles. The molecule has 1 amide bonds. The molecule has 1 atom stereocenters. The maximum absolute atomic E-state index is 12.4. The number of para-hydroxylation sites is 1. The van der Waals surface area contributed by atoms with Crippen molar-refractivity contribution in [3.05, 3.63) is 47.3 Å². The SMILES string of the molecule is Cc1nn(-c2ccccc2)c(C)c1CNC(=O)C(N)C1CCOCC1.Cl. The van der Waals surface area contributed by atoms with Crippen LogP contribution in [0.5, 0.6) is 0 Å². The van der Waals surface area contributed by atoms with E-state index in [0.717, 1.165) is 35.5 Å². The molecule has 7 heteroatoms. The number of halogens is 1. The number of carbonyl (C=O) groups is 1. The predicted octanol–water partition coefficient (Wildman–Crippen LogP) is 2.28. The van der Waals surface area contributed by atoms with Gasteiger partial charge in [-0.3, -0.25) is 4.79 Å². The Bertz CT molecular complexity index is 727. The number of nitrogens with one attached hydrogen (secondary N) is 1. The van der Waals surface area contributed by atoms with Crippen LogP contribution in [0.1, 0.15) is 29.8 Å². The lowest BCUT2D eigenvalue weighted by atomic mass is 9.92. The quantitative estimate of drug-likeness (QED) is 0.836. The molecule has 0 saturated carbocycles. The van der Waals surface area contributed by atoms with Gasteiger partial charge in [-0.2, -0.15) is 5.10 Å². The predicted molar refractivity (Wildman–Crippen MR) is 104 cm³/mol. The molecule has 1 aliphatic rings. The van der Waals surface area contributed by atoms with Crippen LogP contribution in [-0.2, 0) is 16.1 Å². The number of hydrogen-bond donors (Lipinski definition) is 2. The fraction of sp³-hybridized carbons (Fsp3) is 0.474. The highest BCUT2D eigenvalue weighted by Gasteiger charge is 2.26. The van der Waals surface area contributed by atoms with Crippen LogP contribution in [0, 0.1) is 19.8 Å². The molecule has 0 bridgehead atoms. The number of nitrogens with zero attached hydrogens (tertiary/aromatic N) is 2. The van der Waals surface area contributed by atoms with Gasteiger partial charge >= 0.3 is 0 Å². The normalized spacial score (nSPS) is 16.0. The zero-order valence-electron chi connectivity index (χ0n) is 15.3. The van der Waals surface area contributed by atoms with Crippen LogP contribution in [0.4, 0.5) is 0 Å². The van der Waals surface area contributed by atoms with Crippen LogP contribution in [-0.4, -0.2) is 34.9 Å². The summed E-state index contributed by atoms with van der Waals surface area (Å²) in [6.45, 7) is 5.81. The van der Waals surface area contributed by atoms with E-state index >= 15 is 0 Å². The van der Waals surface area contributed by atoms with Crippen molar-refractivity contribution in [1.82, 2.24) is 15.1 Å². The third-order valence-electron chi connectivity index (χ3n) is 4.96. The van der Waals surface area contributed by atoms with Crippen molar-refractivity contribution in [1.29, 1.82) is 0 Å². The molecule has 1 aromatic carbocycles. The Morgan fingerprint density at radius 1 is 1.31 bits per heavy atom. The number of amides is 1. The van der Waals surface area contributed by atoms with E-state index in [1.807, 2.05) is 48.9 Å². The Balaban J connectivity index is 0.00000243. The minimum Gasteiger partial charge on any atom is -0.381 e. The maximum Gasteiger partial charge on any atom is 0.237 e. The number of benzene rings is 1. The third-order valence-corrected chi connectivity index (χ3v) is 4.96. The molecular weight excluding hydrogens is 352 g/mol. The van der Waals surface area contributed by atoms with Crippen molar-refractivity contribution < 1.29 is 9.53 Å². The summed E-state index contributed by atoms with van der Waals surface area (Å²) in [6, 6.07) is 9.51. The fourth-order valence-electron chi connectivity index (χ4n) is 3.33. The van der Waals surface area contributed by atoms with Crippen molar-refractivity contribution in [3.8, 4) is 5.69 Å². The van der Waals surface area contributed by atoms with Gasteiger partial charge in [-0.1, -0.05) is 18.2 Å². The number of aryl methyl sites for hydroxylation is 1. The second-order valence-corrected chi connectivity index (χ2v) is 6.59. The first kappa shape index (κ1) is 20.4. The third kappa shape index (κ3) is 4.44. The molecule has 142 valence electrons. The van der Waals surface area contributed by atoms with Gasteiger partial charge in [-0.15, -0.1) is 12.4 Å². The molecule has 26 heavy (non-hydrogen) atoms. The zero-order chi connectivity index (χ0) is 17.8. The number of rotatable bonds is 5. The highest BCUT2D eigenvalue weighted by molar-refractivity contribution is 5.85. The Hall–Kier alpha value is -1.89. The molecule has 2 heterocycles. The van der Waals surface area contributed by atoms with Crippen LogP contribution in [0.15, 0.2) is 30.3 Å². The summed E-state index contributed by atoms with van der Waals surface area (Å²) >= 11 is 0. The molecule has 1 aliphatic heterocycles. The topological polar surface area (TPSA) is 82.2 Å². The van der Waals surface area contributed by atoms with Crippen LogP contribution in [0.2, 0.25) is 0 Å². The van der Waals surface area contributed by atoms with Gasteiger partial charge in [0.25, 0.3) is 0 Å². The highest BCUT2D eigenvalue weighted by atomic mass is 35.5. The van der Waals surface area contributed by atoms with Crippen molar-refractivity contribution in [3.63, 3.8) is 0 Å². The minimum absolute atomic E-state index is 0. The minimum atomic E-state index is -0.478. The van der Waals surface area contributed by atoms with E-state index in [2.05, 4.69) is 10.4 Å². The van der Waals surface area contributed by atoms with Gasteiger partial charge in [-0.25, -0.2) is 4.68 Å². The molecule has 3 rings (SSSR count). The Morgan fingerprint density at radius 2 is 1.96 bits per heavy atom.